The molecule has 0 aliphatic heterocycles. The second kappa shape index (κ2) is 6.23. The molecule has 0 aliphatic carbocycles. The number of carbonyl (C=O) groups excluding carboxylic acids is 1. The zero-order valence-corrected chi connectivity index (χ0v) is 11.0. The number of rotatable bonds is 5. The van der Waals surface area contributed by atoms with Crippen LogP contribution in [0.25, 0.3) is 0 Å². The van der Waals surface area contributed by atoms with Crippen molar-refractivity contribution in [3.63, 3.8) is 0 Å². The van der Waals surface area contributed by atoms with Crippen molar-refractivity contribution in [2.24, 2.45) is 5.92 Å². The summed E-state index contributed by atoms with van der Waals surface area (Å²) >= 11 is 0. The molecule has 94 valence electrons. The molecule has 4 nitrogen and oxygen atoms in total. The standard InChI is InChI=1S/C13H21N3O/c1-5-14-13(17)11-6-7-12(15-8-11)16(4)9-10(2)3/h6-8,10H,5,9H2,1-4H3,(H,14,17). The summed E-state index contributed by atoms with van der Waals surface area (Å²) in [6.07, 6.45) is 1.62. The topological polar surface area (TPSA) is 45.2 Å². The van der Waals surface area contributed by atoms with E-state index in [0.717, 1.165) is 12.4 Å². The van der Waals surface area contributed by atoms with Crippen LogP contribution in [0.15, 0.2) is 18.3 Å². The molecule has 0 unspecified atom stereocenters. The summed E-state index contributed by atoms with van der Waals surface area (Å²) in [7, 11) is 2.01. The lowest BCUT2D eigenvalue weighted by atomic mass is 10.2. The summed E-state index contributed by atoms with van der Waals surface area (Å²) in [6.45, 7) is 7.82. The molecule has 0 saturated carbocycles. The van der Waals surface area contributed by atoms with Gasteiger partial charge in [0.15, 0.2) is 0 Å². The van der Waals surface area contributed by atoms with E-state index in [9.17, 15) is 4.79 Å². The first-order chi connectivity index (χ1) is 8.04. The highest BCUT2D eigenvalue weighted by Crippen LogP contribution is 2.11. The quantitative estimate of drug-likeness (QED) is 0.848. The predicted octanol–water partition coefficient (Wildman–Crippen LogP) is 1.92. The van der Waals surface area contributed by atoms with Gasteiger partial charge in [0.2, 0.25) is 0 Å². The largest absolute Gasteiger partial charge is 0.359 e. The molecule has 1 aromatic heterocycles. The third kappa shape index (κ3) is 4.06. The number of aromatic nitrogens is 1. The minimum Gasteiger partial charge on any atom is -0.359 e. The van der Waals surface area contributed by atoms with Gasteiger partial charge in [-0.3, -0.25) is 4.79 Å². The van der Waals surface area contributed by atoms with Crippen LogP contribution in [-0.2, 0) is 0 Å². The Labute approximate surface area is 103 Å². The van der Waals surface area contributed by atoms with Gasteiger partial charge in [-0.1, -0.05) is 13.8 Å². The molecule has 0 atom stereocenters. The molecule has 17 heavy (non-hydrogen) atoms. The third-order valence-corrected chi connectivity index (χ3v) is 2.38. The van der Waals surface area contributed by atoms with Gasteiger partial charge in [0.1, 0.15) is 5.82 Å². The third-order valence-electron chi connectivity index (χ3n) is 2.38. The molecule has 0 aliphatic rings. The van der Waals surface area contributed by atoms with E-state index in [1.807, 2.05) is 26.1 Å². The molecule has 1 heterocycles. The van der Waals surface area contributed by atoms with Crippen molar-refractivity contribution in [2.45, 2.75) is 20.8 Å². The SMILES string of the molecule is CCNC(=O)c1ccc(N(C)CC(C)C)nc1. The molecule has 1 aromatic rings. The summed E-state index contributed by atoms with van der Waals surface area (Å²) < 4.78 is 0. The average molecular weight is 235 g/mol. The van der Waals surface area contributed by atoms with Crippen LogP contribution in [0.5, 0.6) is 0 Å². The maximum absolute atomic E-state index is 11.5. The normalized spacial score (nSPS) is 10.4. The zero-order chi connectivity index (χ0) is 12.8. The van der Waals surface area contributed by atoms with E-state index < -0.39 is 0 Å². The van der Waals surface area contributed by atoms with E-state index >= 15 is 0 Å². The molecule has 0 radical (unpaired) electrons. The number of anilines is 1. The van der Waals surface area contributed by atoms with Crippen molar-refractivity contribution >= 4 is 11.7 Å². The fraction of sp³-hybridized carbons (Fsp3) is 0.538. The van der Waals surface area contributed by atoms with Crippen molar-refractivity contribution in [1.29, 1.82) is 0 Å². The number of amides is 1. The molecule has 0 aromatic carbocycles. The Balaban J connectivity index is 2.70. The predicted molar refractivity (Wildman–Crippen MR) is 70.4 cm³/mol. The Kier molecular flexibility index (Phi) is 4.94. The first-order valence-electron chi connectivity index (χ1n) is 6.00. The summed E-state index contributed by atoms with van der Waals surface area (Å²) in [5.74, 6) is 1.41. The van der Waals surface area contributed by atoms with Crippen molar-refractivity contribution in [2.75, 3.05) is 25.0 Å². The molecular formula is C13H21N3O. The van der Waals surface area contributed by atoms with E-state index in [0.29, 0.717) is 18.0 Å². The Morgan fingerprint density at radius 3 is 2.65 bits per heavy atom. The van der Waals surface area contributed by atoms with Gasteiger partial charge in [-0.25, -0.2) is 4.98 Å². The molecule has 0 saturated heterocycles. The minimum atomic E-state index is -0.0712. The van der Waals surface area contributed by atoms with E-state index in [1.54, 1.807) is 6.20 Å². The summed E-state index contributed by atoms with van der Waals surface area (Å²) in [5, 5.41) is 2.75. The summed E-state index contributed by atoms with van der Waals surface area (Å²) in [6, 6.07) is 3.69. The van der Waals surface area contributed by atoms with Crippen LogP contribution in [-0.4, -0.2) is 31.0 Å². The van der Waals surface area contributed by atoms with Crippen molar-refractivity contribution in [3.05, 3.63) is 23.9 Å². The summed E-state index contributed by atoms with van der Waals surface area (Å²) in [4.78, 5) is 17.9. The van der Waals surface area contributed by atoms with Gasteiger partial charge in [-0.15, -0.1) is 0 Å². The second-order valence-electron chi connectivity index (χ2n) is 4.54. The molecule has 0 bridgehead atoms. The number of pyridine rings is 1. The van der Waals surface area contributed by atoms with Crippen LogP contribution in [0.1, 0.15) is 31.1 Å². The van der Waals surface area contributed by atoms with Crippen LogP contribution < -0.4 is 10.2 Å². The first kappa shape index (κ1) is 13.5. The van der Waals surface area contributed by atoms with E-state index in [4.69, 9.17) is 0 Å². The molecular weight excluding hydrogens is 214 g/mol. The van der Waals surface area contributed by atoms with Gasteiger partial charge in [0, 0.05) is 26.3 Å². The monoisotopic (exact) mass is 235 g/mol. The number of carbonyl (C=O) groups is 1. The molecule has 1 N–H and O–H groups in total. The van der Waals surface area contributed by atoms with Gasteiger partial charge >= 0.3 is 0 Å². The highest BCUT2D eigenvalue weighted by Gasteiger charge is 2.07. The van der Waals surface area contributed by atoms with Crippen LogP contribution in [0.2, 0.25) is 0 Å². The van der Waals surface area contributed by atoms with Crippen LogP contribution >= 0.6 is 0 Å². The Bertz CT molecular complexity index is 359. The number of nitrogens with zero attached hydrogens (tertiary/aromatic N) is 2. The van der Waals surface area contributed by atoms with E-state index in [1.165, 1.54) is 0 Å². The lowest BCUT2D eigenvalue weighted by Crippen LogP contribution is -2.25. The number of hydrogen-bond donors (Lipinski definition) is 1. The number of hydrogen-bond acceptors (Lipinski definition) is 3. The average Bonchev–Trinajstić information content (AvgIpc) is 2.28. The zero-order valence-electron chi connectivity index (χ0n) is 11.0. The van der Waals surface area contributed by atoms with Crippen molar-refractivity contribution < 1.29 is 4.79 Å². The molecule has 0 fully saturated rings. The fourth-order valence-electron chi connectivity index (χ4n) is 1.65. The maximum Gasteiger partial charge on any atom is 0.252 e. The fourth-order valence-corrected chi connectivity index (χ4v) is 1.65. The summed E-state index contributed by atoms with van der Waals surface area (Å²) in [5.41, 5.74) is 0.605. The highest BCUT2D eigenvalue weighted by molar-refractivity contribution is 5.93. The minimum absolute atomic E-state index is 0.0712. The Hall–Kier alpha value is -1.58. The van der Waals surface area contributed by atoms with Gasteiger partial charge in [0.25, 0.3) is 5.91 Å². The van der Waals surface area contributed by atoms with Crippen molar-refractivity contribution in [1.82, 2.24) is 10.3 Å². The molecule has 0 spiro atoms. The van der Waals surface area contributed by atoms with Crippen LogP contribution in [0, 0.1) is 5.92 Å². The lowest BCUT2D eigenvalue weighted by molar-refractivity contribution is 0.0955. The Morgan fingerprint density at radius 1 is 1.47 bits per heavy atom. The molecule has 4 heteroatoms. The van der Waals surface area contributed by atoms with Gasteiger partial charge in [0.05, 0.1) is 5.56 Å². The Morgan fingerprint density at radius 2 is 2.18 bits per heavy atom. The van der Waals surface area contributed by atoms with Gasteiger partial charge in [-0.2, -0.15) is 0 Å². The van der Waals surface area contributed by atoms with Crippen molar-refractivity contribution in [3.8, 4) is 0 Å². The van der Waals surface area contributed by atoms with E-state index in [2.05, 4.69) is 29.0 Å². The second-order valence-corrected chi connectivity index (χ2v) is 4.54. The highest BCUT2D eigenvalue weighted by atomic mass is 16.1. The van der Waals surface area contributed by atoms with E-state index in [-0.39, 0.29) is 5.91 Å². The molecule has 1 amide bonds. The lowest BCUT2D eigenvalue weighted by Gasteiger charge is -2.20. The smallest absolute Gasteiger partial charge is 0.252 e. The van der Waals surface area contributed by atoms with Gasteiger partial charge in [-0.05, 0) is 25.0 Å². The van der Waals surface area contributed by atoms with Crippen LogP contribution in [0.3, 0.4) is 0 Å². The number of nitrogens with one attached hydrogen (secondary N) is 1. The van der Waals surface area contributed by atoms with Crippen LogP contribution in [0.4, 0.5) is 5.82 Å². The maximum atomic E-state index is 11.5. The van der Waals surface area contributed by atoms with Gasteiger partial charge < -0.3 is 10.2 Å². The molecule has 1 rings (SSSR count). The first-order valence-corrected chi connectivity index (χ1v) is 6.00.